The van der Waals surface area contributed by atoms with E-state index in [2.05, 4.69) is 15.4 Å². The van der Waals surface area contributed by atoms with E-state index in [1.807, 2.05) is 55.4 Å². The highest BCUT2D eigenvalue weighted by molar-refractivity contribution is 6.09. The maximum atomic E-state index is 13.6. The SMILES string of the molecule is CN(C)C(=O)Cn1cc(Nc2nc(-c3cccc(N4CCc5cc(N(C)C)ccc5C4=O)c3CO)cn(C)c2=O)cn1. The van der Waals surface area contributed by atoms with E-state index in [1.165, 1.54) is 20.3 Å². The maximum absolute atomic E-state index is 13.6. The topological polar surface area (TPSA) is 129 Å². The van der Waals surface area contributed by atoms with Gasteiger partial charge in [0.1, 0.15) is 6.54 Å². The molecular formula is C30H34N8O4. The van der Waals surface area contributed by atoms with E-state index in [0.29, 0.717) is 46.7 Å². The zero-order chi connectivity index (χ0) is 30.1. The third kappa shape index (κ3) is 5.48. The quantitative estimate of drug-likeness (QED) is 0.330. The van der Waals surface area contributed by atoms with Crippen molar-refractivity contribution < 1.29 is 14.7 Å². The lowest BCUT2D eigenvalue weighted by Crippen LogP contribution is -2.38. The van der Waals surface area contributed by atoms with Crippen molar-refractivity contribution in [3.8, 4) is 11.3 Å². The number of carbonyl (C=O) groups excluding carboxylic acids is 2. The van der Waals surface area contributed by atoms with Gasteiger partial charge in [-0.2, -0.15) is 5.10 Å². The van der Waals surface area contributed by atoms with Crippen LogP contribution in [0.1, 0.15) is 21.5 Å². The van der Waals surface area contributed by atoms with Crippen molar-refractivity contribution in [1.29, 1.82) is 0 Å². The first kappa shape index (κ1) is 28.6. The van der Waals surface area contributed by atoms with Crippen LogP contribution in [0.25, 0.3) is 11.3 Å². The summed E-state index contributed by atoms with van der Waals surface area (Å²) in [4.78, 5) is 48.4. The normalized spacial score (nSPS) is 12.7. The van der Waals surface area contributed by atoms with E-state index in [-0.39, 0.29) is 36.3 Å². The lowest BCUT2D eigenvalue weighted by Gasteiger charge is -2.31. The number of aliphatic hydroxyl groups is 1. The minimum atomic E-state index is -0.363. The molecular weight excluding hydrogens is 536 g/mol. The van der Waals surface area contributed by atoms with Gasteiger partial charge in [0.05, 0.1) is 29.9 Å². The lowest BCUT2D eigenvalue weighted by molar-refractivity contribution is -0.129. The predicted octanol–water partition coefficient (Wildman–Crippen LogP) is 2.24. The Balaban J connectivity index is 1.47. The van der Waals surface area contributed by atoms with Gasteiger partial charge in [0.15, 0.2) is 5.82 Å². The third-order valence-electron chi connectivity index (χ3n) is 7.32. The van der Waals surface area contributed by atoms with Crippen LogP contribution in [0.2, 0.25) is 0 Å². The summed E-state index contributed by atoms with van der Waals surface area (Å²) in [5, 5.41) is 17.7. The number of nitrogens with one attached hydrogen (secondary N) is 1. The van der Waals surface area contributed by atoms with Crippen molar-refractivity contribution in [1.82, 2.24) is 24.2 Å². The zero-order valence-electron chi connectivity index (χ0n) is 24.3. The van der Waals surface area contributed by atoms with Gasteiger partial charge in [-0.25, -0.2) is 4.98 Å². The highest BCUT2D eigenvalue weighted by Crippen LogP contribution is 2.34. The number of aryl methyl sites for hydroxylation is 1. The summed E-state index contributed by atoms with van der Waals surface area (Å²) in [6.45, 7) is 0.192. The molecule has 42 heavy (non-hydrogen) atoms. The highest BCUT2D eigenvalue weighted by atomic mass is 16.3. The Labute approximate surface area is 243 Å². The average molecular weight is 571 g/mol. The molecule has 4 aromatic rings. The molecule has 0 radical (unpaired) electrons. The summed E-state index contributed by atoms with van der Waals surface area (Å²) >= 11 is 0. The Bertz CT molecular complexity index is 1720. The Hall–Kier alpha value is -4.97. The Morgan fingerprint density at radius 3 is 2.57 bits per heavy atom. The van der Waals surface area contributed by atoms with E-state index in [1.54, 1.807) is 38.4 Å². The molecule has 0 saturated heterocycles. The summed E-state index contributed by atoms with van der Waals surface area (Å²) in [6.07, 6.45) is 5.41. The van der Waals surface area contributed by atoms with Crippen molar-refractivity contribution >= 4 is 34.7 Å². The molecule has 2 aromatic carbocycles. The molecule has 12 heteroatoms. The number of carbonyl (C=O) groups is 2. The number of nitrogens with zero attached hydrogens (tertiary/aromatic N) is 7. The minimum Gasteiger partial charge on any atom is -0.392 e. The standard InChI is InChI=1S/C30H34N8O4/c1-34(2)21-9-10-22-19(13-21)11-12-38(29(22)41)26-8-6-7-23(24(26)18-39)25-16-36(5)30(42)28(33-25)32-20-14-31-37(15-20)17-27(40)35(3)4/h6-10,13-16,39H,11-12,17-18H2,1-5H3,(H,32,33). The number of hydrogen-bond donors (Lipinski definition) is 2. The molecule has 0 fully saturated rings. The van der Waals surface area contributed by atoms with Crippen molar-refractivity contribution in [3.63, 3.8) is 0 Å². The van der Waals surface area contributed by atoms with Crippen LogP contribution in [-0.4, -0.2) is 75.9 Å². The summed E-state index contributed by atoms with van der Waals surface area (Å²) in [6, 6.07) is 11.3. The molecule has 2 N–H and O–H groups in total. The highest BCUT2D eigenvalue weighted by Gasteiger charge is 2.28. The van der Waals surface area contributed by atoms with Gasteiger partial charge in [0.2, 0.25) is 5.91 Å². The maximum Gasteiger partial charge on any atom is 0.293 e. The van der Waals surface area contributed by atoms with Crippen LogP contribution in [0, 0.1) is 0 Å². The van der Waals surface area contributed by atoms with Crippen LogP contribution in [0.4, 0.5) is 22.9 Å². The molecule has 0 atom stereocenters. The van der Waals surface area contributed by atoms with Crippen molar-refractivity contribution in [2.45, 2.75) is 19.6 Å². The Morgan fingerprint density at radius 1 is 1.07 bits per heavy atom. The molecule has 0 unspecified atom stereocenters. The summed E-state index contributed by atoms with van der Waals surface area (Å²) in [7, 11) is 8.88. The van der Waals surface area contributed by atoms with Crippen molar-refractivity contribution in [2.75, 3.05) is 49.9 Å². The van der Waals surface area contributed by atoms with Crippen molar-refractivity contribution in [2.24, 2.45) is 7.05 Å². The molecule has 0 spiro atoms. The molecule has 1 aliphatic rings. The third-order valence-corrected chi connectivity index (χ3v) is 7.32. The second kappa shape index (κ2) is 11.5. The van der Waals surface area contributed by atoms with Crippen LogP contribution < -0.4 is 20.7 Å². The van der Waals surface area contributed by atoms with Crippen LogP contribution in [0.3, 0.4) is 0 Å². The Morgan fingerprint density at radius 2 is 1.86 bits per heavy atom. The largest absolute Gasteiger partial charge is 0.392 e. The second-order valence-corrected chi connectivity index (χ2v) is 10.6. The van der Waals surface area contributed by atoms with E-state index in [4.69, 9.17) is 0 Å². The zero-order valence-corrected chi connectivity index (χ0v) is 24.3. The number of anilines is 4. The number of aromatic nitrogens is 4. The van der Waals surface area contributed by atoms with Gasteiger partial charge in [-0.05, 0) is 36.2 Å². The van der Waals surface area contributed by atoms with Crippen LogP contribution >= 0.6 is 0 Å². The predicted molar refractivity (Wildman–Crippen MR) is 161 cm³/mol. The molecule has 1 aliphatic heterocycles. The van der Waals surface area contributed by atoms with Crippen LogP contribution in [0.5, 0.6) is 0 Å². The summed E-state index contributed by atoms with van der Waals surface area (Å²) in [5.41, 5.74) is 4.98. The molecule has 3 heterocycles. The summed E-state index contributed by atoms with van der Waals surface area (Å²) in [5.74, 6) is -0.192. The number of rotatable bonds is 8. The first-order valence-corrected chi connectivity index (χ1v) is 13.5. The van der Waals surface area contributed by atoms with E-state index in [9.17, 15) is 19.5 Å². The van der Waals surface area contributed by atoms with Gasteiger partial charge in [-0.3, -0.25) is 19.1 Å². The number of fused-ring (bicyclic) bond motifs is 1. The fraction of sp³-hybridized carbons (Fsp3) is 0.300. The first-order valence-electron chi connectivity index (χ1n) is 13.5. The van der Waals surface area contributed by atoms with E-state index >= 15 is 0 Å². The fourth-order valence-electron chi connectivity index (χ4n) is 4.97. The molecule has 2 aromatic heterocycles. The van der Waals surface area contributed by atoms with Gasteiger partial charge in [-0.1, -0.05) is 12.1 Å². The van der Waals surface area contributed by atoms with Gasteiger partial charge in [0.25, 0.3) is 11.5 Å². The van der Waals surface area contributed by atoms with Gasteiger partial charge < -0.3 is 29.7 Å². The number of hydrogen-bond acceptors (Lipinski definition) is 8. The smallest absolute Gasteiger partial charge is 0.293 e. The molecule has 0 bridgehead atoms. The Kier molecular flexibility index (Phi) is 7.81. The van der Waals surface area contributed by atoms with Crippen LogP contribution in [-0.2, 0) is 31.4 Å². The molecule has 218 valence electrons. The second-order valence-electron chi connectivity index (χ2n) is 10.6. The van der Waals surface area contributed by atoms with Crippen LogP contribution in [0.15, 0.2) is 59.8 Å². The van der Waals surface area contributed by atoms with Gasteiger partial charge >= 0.3 is 0 Å². The monoisotopic (exact) mass is 570 g/mol. The number of benzene rings is 2. The minimum absolute atomic E-state index is 0.0578. The number of aliphatic hydroxyl groups excluding tert-OH is 1. The van der Waals surface area contributed by atoms with Gasteiger partial charge in [0, 0.05) is 76.6 Å². The fourth-order valence-corrected chi connectivity index (χ4v) is 4.97. The molecule has 2 amide bonds. The molecule has 5 rings (SSSR count). The molecule has 0 saturated carbocycles. The molecule has 12 nitrogen and oxygen atoms in total. The van der Waals surface area contributed by atoms with Gasteiger partial charge in [-0.15, -0.1) is 0 Å². The number of amides is 2. The molecule has 0 aliphatic carbocycles. The first-order chi connectivity index (χ1) is 20.1. The number of likely N-dealkylation sites (N-methyl/N-ethyl adjacent to an activating group) is 1. The average Bonchev–Trinajstić information content (AvgIpc) is 3.41. The lowest BCUT2D eigenvalue weighted by atomic mass is 9.95. The van der Waals surface area contributed by atoms with E-state index in [0.717, 1.165) is 11.3 Å². The summed E-state index contributed by atoms with van der Waals surface area (Å²) < 4.78 is 2.88. The van der Waals surface area contributed by atoms with E-state index < -0.39 is 0 Å². The van der Waals surface area contributed by atoms with Crippen molar-refractivity contribution in [3.05, 3.63) is 82.0 Å².